The van der Waals surface area contributed by atoms with E-state index in [9.17, 15) is 9.59 Å². The van der Waals surface area contributed by atoms with Crippen LogP contribution in [-0.4, -0.2) is 30.1 Å². The number of ether oxygens (including phenoxy) is 2. The largest absolute Gasteiger partial charge is 0.495 e. The molecule has 2 aromatic heterocycles. The zero-order valence-electron chi connectivity index (χ0n) is 15.0. The number of thiazole rings is 1. The molecule has 3 aromatic rings. The standard InChI is InChI=1S/C19H18N2O4S2/c1-11-6-7-15(24-3)13(9-11)20-17(22)12(2)25-19(23)14-10-27-18(21-14)16-5-4-8-26-16/h4-10,12H,1-3H3,(H,20,22). The van der Waals surface area contributed by atoms with E-state index < -0.39 is 18.0 Å². The van der Waals surface area contributed by atoms with E-state index in [-0.39, 0.29) is 5.69 Å². The van der Waals surface area contributed by atoms with E-state index in [4.69, 9.17) is 9.47 Å². The summed E-state index contributed by atoms with van der Waals surface area (Å²) >= 11 is 2.91. The number of esters is 1. The first-order valence-corrected chi connectivity index (χ1v) is 9.89. The molecule has 1 unspecified atom stereocenters. The normalized spacial score (nSPS) is 11.7. The number of thiophene rings is 1. The maximum Gasteiger partial charge on any atom is 0.358 e. The number of nitrogens with one attached hydrogen (secondary N) is 1. The summed E-state index contributed by atoms with van der Waals surface area (Å²) in [6.45, 7) is 3.42. The second kappa shape index (κ2) is 8.32. The molecular formula is C19H18N2O4S2. The molecule has 1 aromatic carbocycles. The van der Waals surface area contributed by atoms with Gasteiger partial charge in [-0.1, -0.05) is 12.1 Å². The van der Waals surface area contributed by atoms with Gasteiger partial charge in [-0.25, -0.2) is 9.78 Å². The molecule has 0 bridgehead atoms. The second-order valence-electron chi connectivity index (χ2n) is 5.76. The summed E-state index contributed by atoms with van der Waals surface area (Å²) in [5.74, 6) is -0.540. The SMILES string of the molecule is COc1ccc(C)cc1NC(=O)C(C)OC(=O)c1csc(-c2cccs2)n1. The number of nitrogens with zero attached hydrogens (tertiary/aromatic N) is 1. The number of amides is 1. The molecule has 0 saturated heterocycles. The number of carbonyl (C=O) groups excluding carboxylic acids is 2. The van der Waals surface area contributed by atoms with Gasteiger partial charge in [0.2, 0.25) is 0 Å². The van der Waals surface area contributed by atoms with Crippen LogP contribution in [0.4, 0.5) is 5.69 Å². The Kier molecular flexibility index (Phi) is 5.88. The van der Waals surface area contributed by atoms with Crippen LogP contribution in [0.5, 0.6) is 5.75 Å². The van der Waals surface area contributed by atoms with E-state index in [1.54, 1.807) is 28.8 Å². The molecule has 3 rings (SSSR count). The van der Waals surface area contributed by atoms with Crippen molar-refractivity contribution >= 4 is 40.2 Å². The van der Waals surface area contributed by atoms with Crippen molar-refractivity contribution in [2.24, 2.45) is 0 Å². The average molecular weight is 402 g/mol. The Morgan fingerprint density at radius 2 is 2.04 bits per heavy atom. The number of aryl methyl sites for hydroxylation is 1. The Bertz CT molecular complexity index is 951. The fraction of sp³-hybridized carbons (Fsp3) is 0.211. The monoisotopic (exact) mass is 402 g/mol. The lowest BCUT2D eigenvalue weighted by Crippen LogP contribution is -2.30. The molecule has 0 aliphatic carbocycles. The highest BCUT2D eigenvalue weighted by atomic mass is 32.1. The number of aromatic nitrogens is 1. The molecule has 0 saturated carbocycles. The maximum atomic E-state index is 12.4. The predicted octanol–water partition coefficient (Wildman–Crippen LogP) is 4.37. The van der Waals surface area contributed by atoms with Crippen molar-refractivity contribution < 1.29 is 19.1 Å². The molecule has 0 aliphatic heterocycles. The minimum absolute atomic E-state index is 0.191. The second-order valence-corrected chi connectivity index (χ2v) is 7.56. The molecule has 0 aliphatic rings. The predicted molar refractivity (Wildman–Crippen MR) is 107 cm³/mol. The van der Waals surface area contributed by atoms with Crippen molar-refractivity contribution in [3.63, 3.8) is 0 Å². The Morgan fingerprint density at radius 1 is 1.22 bits per heavy atom. The zero-order valence-corrected chi connectivity index (χ0v) is 16.6. The highest BCUT2D eigenvalue weighted by Gasteiger charge is 2.22. The third kappa shape index (κ3) is 4.53. The van der Waals surface area contributed by atoms with E-state index in [1.165, 1.54) is 25.4 Å². The van der Waals surface area contributed by atoms with Crippen LogP contribution in [-0.2, 0) is 9.53 Å². The summed E-state index contributed by atoms with van der Waals surface area (Å²) in [6.07, 6.45) is -0.977. The van der Waals surface area contributed by atoms with Gasteiger partial charge in [-0.3, -0.25) is 4.79 Å². The molecule has 0 radical (unpaired) electrons. The van der Waals surface area contributed by atoms with Crippen LogP contribution in [0.1, 0.15) is 23.0 Å². The lowest BCUT2D eigenvalue weighted by atomic mass is 10.2. The van der Waals surface area contributed by atoms with Gasteiger partial charge >= 0.3 is 5.97 Å². The van der Waals surface area contributed by atoms with Gasteiger partial charge < -0.3 is 14.8 Å². The molecule has 1 amide bonds. The summed E-state index contributed by atoms with van der Waals surface area (Å²) in [6, 6.07) is 9.29. The van der Waals surface area contributed by atoms with E-state index in [2.05, 4.69) is 10.3 Å². The van der Waals surface area contributed by atoms with Crippen LogP contribution in [0.15, 0.2) is 41.1 Å². The number of hydrogen-bond donors (Lipinski definition) is 1. The van der Waals surface area contributed by atoms with E-state index in [0.717, 1.165) is 15.4 Å². The first-order chi connectivity index (χ1) is 13.0. The molecule has 140 valence electrons. The molecule has 0 spiro atoms. The number of hydrogen-bond acceptors (Lipinski definition) is 7. The van der Waals surface area contributed by atoms with E-state index >= 15 is 0 Å². The summed E-state index contributed by atoms with van der Waals surface area (Å²) in [5.41, 5.74) is 1.69. The third-order valence-electron chi connectivity index (χ3n) is 3.71. The average Bonchev–Trinajstić information content (AvgIpc) is 3.33. The molecule has 1 atom stereocenters. The van der Waals surface area contributed by atoms with Gasteiger partial charge in [-0.05, 0) is 43.0 Å². The fourth-order valence-corrected chi connectivity index (χ4v) is 3.91. The molecular weight excluding hydrogens is 384 g/mol. The Morgan fingerprint density at radius 3 is 2.74 bits per heavy atom. The van der Waals surface area contributed by atoms with Crippen molar-refractivity contribution in [2.45, 2.75) is 20.0 Å². The maximum absolute atomic E-state index is 12.4. The number of methoxy groups -OCH3 is 1. The highest BCUT2D eigenvalue weighted by Crippen LogP contribution is 2.28. The molecule has 1 N–H and O–H groups in total. The number of benzene rings is 1. The minimum atomic E-state index is -0.977. The Balaban J connectivity index is 1.64. The first-order valence-electron chi connectivity index (χ1n) is 8.14. The smallest absolute Gasteiger partial charge is 0.358 e. The molecule has 0 fully saturated rings. The quantitative estimate of drug-likeness (QED) is 0.620. The topological polar surface area (TPSA) is 77.5 Å². The fourth-order valence-electron chi connectivity index (χ4n) is 2.31. The van der Waals surface area contributed by atoms with Gasteiger partial charge in [0.15, 0.2) is 11.8 Å². The van der Waals surface area contributed by atoms with Crippen molar-refractivity contribution in [3.05, 3.63) is 52.3 Å². The summed E-state index contributed by atoms with van der Waals surface area (Å²) in [7, 11) is 1.52. The van der Waals surface area contributed by atoms with E-state index in [1.807, 2.05) is 30.5 Å². The summed E-state index contributed by atoms with van der Waals surface area (Å²) in [5, 5.41) is 7.05. The first kappa shape index (κ1) is 19.1. The molecule has 27 heavy (non-hydrogen) atoms. The summed E-state index contributed by atoms with van der Waals surface area (Å²) in [4.78, 5) is 30.0. The molecule has 2 heterocycles. The number of anilines is 1. The van der Waals surface area contributed by atoms with Crippen molar-refractivity contribution in [3.8, 4) is 15.6 Å². The van der Waals surface area contributed by atoms with Crippen LogP contribution in [0.3, 0.4) is 0 Å². The van der Waals surface area contributed by atoms with Crippen LogP contribution in [0.2, 0.25) is 0 Å². The van der Waals surface area contributed by atoms with Gasteiger partial charge in [0.25, 0.3) is 5.91 Å². The van der Waals surface area contributed by atoms with Crippen molar-refractivity contribution in [1.29, 1.82) is 0 Å². The van der Waals surface area contributed by atoms with Crippen LogP contribution >= 0.6 is 22.7 Å². The lowest BCUT2D eigenvalue weighted by Gasteiger charge is -2.15. The van der Waals surface area contributed by atoms with Crippen molar-refractivity contribution in [1.82, 2.24) is 4.98 Å². The molecule has 8 heteroatoms. The van der Waals surface area contributed by atoms with Gasteiger partial charge in [-0.2, -0.15) is 0 Å². The van der Waals surface area contributed by atoms with Gasteiger partial charge in [-0.15, -0.1) is 22.7 Å². The van der Waals surface area contributed by atoms with Gasteiger partial charge in [0, 0.05) is 5.38 Å². The summed E-state index contributed by atoms with van der Waals surface area (Å²) < 4.78 is 10.5. The Labute approximate surface area is 164 Å². The van der Waals surface area contributed by atoms with Gasteiger partial charge in [0.1, 0.15) is 10.8 Å². The van der Waals surface area contributed by atoms with Crippen LogP contribution in [0, 0.1) is 6.92 Å². The third-order valence-corrected chi connectivity index (χ3v) is 5.59. The number of carbonyl (C=O) groups is 2. The van der Waals surface area contributed by atoms with Crippen LogP contribution < -0.4 is 10.1 Å². The lowest BCUT2D eigenvalue weighted by molar-refractivity contribution is -0.123. The zero-order chi connectivity index (χ0) is 19.4. The minimum Gasteiger partial charge on any atom is -0.495 e. The number of rotatable bonds is 6. The van der Waals surface area contributed by atoms with E-state index in [0.29, 0.717) is 11.4 Å². The highest BCUT2D eigenvalue weighted by molar-refractivity contribution is 7.20. The van der Waals surface area contributed by atoms with Gasteiger partial charge in [0.05, 0.1) is 17.7 Å². The Hall–Kier alpha value is -2.71. The van der Waals surface area contributed by atoms with Crippen LogP contribution in [0.25, 0.3) is 9.88 Å². The van der Waals surface area contributed by atoms with Crippen molar-refractivity contribution in [2.75, 3.05) is 12.4 Å². The molecule has 6 nitrogen and oxygen atoms in total.